The number of carbonyl (C=O) groups is 1. The number of nitrogens with zero attached hydrogens (tertiary/aromatic N) is 4. The van der Waals surface area contributed by atoms with Gasteiger partial charge < -0.3 is 19.1 Å². The lowest BCUT2D eigenvalue weighted by Crippen LogP contribution is -2.19. The summed E-state index contributed by atoms with van der Waals surface area (Å²) in [5, 5.41) is 12.2. The normalized spacial score (nSPS) is 12.6. The van der Waals surface area contributed by atoms with E-state index in [1.165, 1.54) is 35.1 Å². The van der Waals surface area contributed by atoms with Crippen molar-refractivity contribution in [2.75, 3.05) is 6.61 Å². The Morgan fingerprint density at radius 2 is 2.09 bits per heavy atom. The lowest BCUT2D eigenvalue weighted by atomic mass is 10.0. The van der Waals surface area contributed by atoms with Gasteiger partial charge in [0.25, 0.3) is 5.88 Å². The van der Waals surface area contributed by atoms with Gasteiger partial charge in [0, 0.05) is 12.4 Å². The van der Waals surface area contributed by atoms with Gasteiger partial charge in [-0.1, -0.05) is 12.1 Å². The van der Waals surface area contributed by atoms with Crippen LogP contribution in [0.15, 0.2) is 47.6 Å². The molecule has 4 rings (SSSR count). The van der Waals surface area contributed by atoms with E-state index in [2.05, 4.69) is 19.6 Å². The smallest absolute Gasteiger partial charge is 0.437 e. The zero-order valence-corrected chi connectivity index (χ0v) is 18.0. The maximum Gasteiger partial charge on any atom is 0.437 e. The molecular weight excluding hydrogens is 457 g/mol. The Balaban J connectivity index is 1.66. The van der Waals surface area contributed by atoms with Crippen molar-refractivity contribution in [2.45, 2.75) is 32.5 Å². The van der Waals surface area contributed by atoms with Crippen LogP contribution in [0.1, 0.15) is 35.5 Å². The lowest BCUT2D eigenvalue weighted by Gasteiger charge is -2.14. The summed E-state index contributed by atoms with van der Waals surface area (Å²) in [5.74, 6) is -0.183. The van der Waals surface area contributed by atoms with Gasteiger partial charge >= 0.3 is 12.1 Å². The third kappa shape index (κ3) is 4.44. The average Bonchev–Trinajstić information content (AvgIpc) is 3.46. The van der Waals surface area contributed by atoms with Gasteiger partial charge in [-0.05, 0) is 37.1 Å². The van der Waals surface area contributed by atoms with Crippen molar-refractivity contribution in [3.05, 3.63) is 59.9 Å². The number of rotatable bonds is 7. The fourth-order valence-electron chi connectivity index (χ4n) is 3.31. The summed E-state index contributed by atoms with van der Waals surface area (Å²) < 4.78 is 56.7. The standard InChI is InChI=1S/C22H19F3N4O5/c1-3-13-8-14(4-5-15(13)21(31)33-12(2)10-30)34-20-19-27-9-17(29(19)7-6-26-20)16-11-32-28-18(16)22(23,24)25/h4-9,11-12,30H,3,10H2,1-2H3/t12-/m0/s1. The molecule has 0 unspecified atom stereocenters. The molecule has 0 aliphatic heterocycles. The van der Waals surface area contributed by atoms with Crippen molar-refractivity contribution in [1.82, 2.24) is 19.5 Å². The quantitative estimate of drug-likeness (QED) is 0.393. The Morgan fingerprint density at radius 1 is 1.29 bits per heavy atom. The average molecular weight is 476 g/mol. The number of benzene rings is 1. The molecule has 3 heterocycles. The molecule has 0 spiro atoms. The number of carbonyl (C=O) groups excluding carboxylic acids is 1. The van der Waals surface area contributed by atoms with Crippen LogP contribution >= 0.6 is 0 Å². The van der Waals surface area contributed by atoms with Gasteiger partial charge in [0.1, 0.15) is 18.1 Å². The van der Waals surface area contributed by atoms with E-state index >= 15 is 0 Å². The topological polar surface area (TPSA) is 112 Å². The van der Waals surface area contributed by atoms with E-state index in [0.717, 1.165) is 6.26 Å². The number of halogens is 3. The molecule has 0 saturated heterocycles. The number of aliphatic hydroxyl groups excluding tert-OH is 1. The number of aliphatic hydroxyl groups is 1. The van der Waals surface area contributed by atoms with Crippen LogP contribution in [0.25, 0.3) is 16.9 Å². The predicted molar refractivity (Wildman–Crippen MR) is 111 cm³/mol. The van der Waals surface area contributed by atoms with Crippen LogP contribution in [-0.2, 0) is 17.3 Å². The molecule has 1 N–H and O–H groups in total. The van der Waals surface area contributed by atoms with Crippen LogP contribution in [0, 0.1) is 0 Å². The Bertz CT molecular complexity index is 1330. The number of hydrogen-bond acceptors (Lipinski definition) is 8. The minimum atomic E-state index is -4.70. The minimum Gasteiger partial charge on any atom is -0.457 e. The molecule has 1 aromatic carbocycles. The summed E-state index contributed by atoms with van der Waals surface area (Å²) in [6.07, 6.45) is 0.0863. The summed E-state index contributed by atoms with van der Waals surface area (Å²) in [7, 11) is 0. The van der Waals surface area contributed by atoms with Crippen molar-refractivity contribution in [2.24, 2.45) is 0 Å². The van der Waals surface area contributed by atoms with Crippen LogP contribution in [0.3, 0.4) is 0 Å². The van der Waals surface area contributed by atoms with E-state index in [-0.39, 0.29) is 29.4 Å². The van der Waals surface area contributed by atoms with Crippen molar-refractivity contribution < 1.29 is 37.1 Å². The highest BCUT2D eigenvalue weighted by molar-refractivity contribution is 5.91. The molecule has 9 nitrogen and oxygen atoms in total. The minimum absolute atomic E-state index is 0.0463. The molecule has 3 aromatic heterocycles. The SMILES string of the molecule is CCc1cc(Oc2nccn3c(-c4conc4C(F)(F)F)cnc23)ccc1C(=O)O[C@@H](C)CO. The molecule has 1 atom stereocenters. The first-order valence-corrected chi connectivity index (χ1v) is 10.2. The molecule has 178 valence electrons. The number of aromatic nitrogens is 4. The van der Waals surface area contributed by atoms with Crippen LogP contribution < -0.4 is 4.74 Å². The molecule has 0 aliphatic rings. The maximum absolute atomic E-state index is 13.3. The number of imidazole rings is 1. The number of fused-ring (bicyclic) bond motifs is 1. The number of alkyl halides is 3. The highest BCUT2D eigenvalue weighted by atomic mass is 19.4. The van der Waals surface area contributed by atoms with Gasteiger partial charge in [-0.15, -0.1) is 0 Å². The summed E-state index contributed by atoms with van der Waals surface area (Å²) in [6.45, 7) is 3.13. The van der Waals surface area contributed by atoms with Crippen molar-refractivity contribution in [3.63, 3.8) is 0 Å². The van der Waals surface area contributed by atoms with Gasteiger partial charge in [-0.2, -0.15) is 13.2 Å². The zero-order chi connectivity index (χ0) is 24.5. The molecular formula is C22H19F3N4O5. The van der Waals surface area contributed by atoms with Crippen LogP contribution in [0.5, 0.6) is 11.6 Å². The van der Waals surface area contributed by atoms with Gasteiger partial charge in [0.15, 0.2) is 5.69 Å². The Labute approximate surface area is 190 Å². The molecule has 12 heteroatoms. The maximum atomic E-state index is 13.3. The second-order valence-electron chi connectivity index (χ2n) is 7.32. The van der Waals surface area contributed by atoms with Crippen LogP contribution in [0.2, 0.25) is 0 Å². The fraction of sp³-hybridized carbons (Fsp3) is 0.273. The molecule has 34 heavy (non-hydrogen) atoms. The number of esters is 1. The largest absolute Gasteiger partial charge is 0.457 e. The first kappa shape index (κ1) is 23.2. The predicted octanol–water partition coefficient (Wildman–Crippen LogP) is 4.30. The highest BCUT2D eigenvalue weighted by Gasteiger charge is 2.38. The monoisotopic (exact) mass is 476 g/mol. The third-order valence-corrected chi connectivity index (χ3v) is 4.97. The Hall–Kier alpha value is -3.93. The summed E-state index contributed by atoms with van der Waals surface area (Å²) in [4.78, 5) is 20.7. The number of hydrogen-bond donors (Lipinski definition) is 1. The summed E-state index contributed by atoms with van der Waals surface area (Å²) in [5.41, 5.74) is -0.199. The van der Waals surface area contributed by atoms with Crippen LogP contribution in [0.4, 0.5) is 13.2 Å². The van der Waals surface area contributed by atoms with E-state index in [0.29, 0.717) is 23.3 Å². The first-order chi connectivity index (χ1) is 16.2. The molecule has 0 radical (unpaired) electrons. The summed E-state index contributed by atoms with van der Waals surface area (Å²) >= 11 is 0. The Morgan fingerprint density at radius 3 is 2.79 bits per heavy atom. The van der Waals surface area contributed by atoms with E-state index < -0.39 is 23.9 Å². The number of aryl methyl sites for hydroxylation is 1. The van der Waals surface area contributed by atoms with Crippen molar-refractivity contribution in [3.8, 4) is 22.9 Å². The second kappa shape index (κ2) is 9.14. The van der Waals surface area contributed by atoms with Gasteiger partial charge in [-0.25, -0.2) is 14.8 Å². The molecule has 0 fully saturated rings. The zero-order valence-electron chi connectivity index (χ0n) is 18.0. The lowest BCUT2D eigenvalue weighted by molar-refractivity contribution is -0.142. The molecule has 0 aliphatic carbocycles. The van der Waals surface area contributed by atoms with E-state index in [4.69, 9.17) is 14.6 Å². The third-order valence-electron chi connectivity index (χ3n) is 4.97. The first-order valence-electron chi connectivity index (χ1n) is 10.2. The Kier molecular flexibility index (Phi) is 6.24. The van der Waals surface area contributed by atoms with E-state index in [1.807, 2.05) is 6.92 Å². The van der Waals surface area contributed by atoms with Gasteiger partial charge in [-0.3, -0.25) is 4.40 Å². The van der Waals surface area contributed by atoms with Crippen molar-refractivity contribution in [1.29, 1.82) is 0 Å². The van der Waals surface area contributed by atoms with Crippen LogP contribution in [-0.4, -0.2) is 43.3 Å². The second-order valence-corrected chi connectivity index (χ2v) is 7.32. The molecule has 0 bridgehead atoms. The molecule has 0 amide bonds. The molecule has 0 saturated carbocycles. The summed E-state index contributed by atoms with van der Waals surface area (Å²) in [6, 6.07) is 4.71. The number of ether oxygens (including phenoxy) is 2. The fourth-order valence-corrected chi connectivity index (χ4v) is 3.31. The van der Waals surface area contributed by atoms with Crippen molar-refractivity contribution >= 4 is 11.6 Å². The van der Waals surface area contributed by atoms with Gasteiger partial charge in [0.2, 0.25) is 5.65 Å². The van der Waals surface area contributed by atoms with E-state index in [1.54, 1.807) is 13.0 Å². The van der Waals surface area contributed by atoms with Gasteiger partial charge in [0.05, 0.1) is 29.6 Å². The molecule has 4 aromatic rings. The van der Waals surface area contributed by atoms with E-state index in [9.17, 15) is 18.0 Å². The highest BCUT2D eigenvalue weighted by Crippen LogP contribution is 2.37.